The minimum Gasteiger partial charge on any atom is -0.493 e. The Morgan fingerprint density at radius 1 is 1.26 bits per heavy atom. The fourth-order valence-corrected chi connectivity index (χ4v) is 3.71. The summed E-state index contributed by atoms with van der Waals surface area (Å²) in [4.78, 5) is 2.56. The van der Waals surface area contributed by atoms with Crippen molar-refractivity contribution in [2.75, 3.05) is 31.8 Å². The van der Waals surface area contributed by atoms with Gasteiger partial charge in [0.1, 0.15) is 5.75 Å². The van der Waals surface area contributed by atoms with Crippen molar-refractivity contribution in [3.05, 3.63) is 48.0 Å². The second kappa shape index (κ2) is 8.53. The standard InChI is InChI=1S/C22H27N2O3/c1-17-6-4-11-24(17)12-5-13-25-20-8-3-2-7-18(20)15-23-19-9-10-21-22(14-19)27-16-26-21/h3,7-10,14,17,23H,4-6,11-13,15-16H2,1H3. The van der Waals surface area contributed by atoms with Crippen LogP contribution in [0.15, 0.2) is 36.4 Å². The van der Waals surface area contributed by atoms with Crippen molar-refractivity contribution < 1.29 is 14.2 Å². The van der Waals surface area contributed by atoms with Gasteiger partial charge in [-0.3, -0.25) is 0 Å². The van der Waals surface area contributed by atoms with E-state index in [1.165, 1.54) is 19.4 Å². The van der Waals surface area contributed by atoms with Crippen LogP contribution in [-0.4, -0.2) is 37.4 Å². The molecule has 5 nitrogen and oxygen atoms in total. The van der Waals surface area contributed by atoms with E-state index in [-0.39, 0.29) is 0 Å². The molecule has 1 unspecified atom stereocenters. The molecule has 0 spiro atoms. The smallest absolute Gasteiger partial charge is 0.231 e. The summed E-state index contributed by atoms with van der Waals surface area (Å²) >= 11 is 0. The van der Waals surface area contributed by atoms with Gasteiger partial charge >= 0.3 is 0 Å². The SMILES string of the molecule is CC1CCCN1CCCOc1cc[c]cc1CNc1ccc2c(c1)OCO2. The van der Waals surface area contributed by atoms with Crippen molar-refractivity contribution in [2.24, 2.45) is 0 Å². The van der Waals surface area contributed by atoms with Gasteiger partial charge < -0.3 is 24.4 Å². The van der Waals surface area contributed by atoms with Gasteiger partial charge in [0, 0.05) is 36.4 Å². The van der Waals surface area contributed by atoms with Crippen molar-refractivity contribution in [2.45, 2.75) is 38.8 Å². The van der Waals surface area contributed by atoms with Crippen LogP contribution in [0.1, 0.15) is 31.7 Å². The highest BCUT2D eigenvalue weighted by atomic mass is 16.7. The maximum atomic E-state index is 6.06. The predicted molar refractivity (Wildman–Crippen MR) is 106 cm³/mol. The highest BCUT2D eigenvalue weighted by Crippen LogP contribution is 2.34. The van der Waals surface area contributed by atoms with Crippen molar-refractivity contribution in [3.63, 3.8) is 0 Å². The number of benzene rings is 2. The van der Waals surface area contributed by atoms with E-state index in [1.54, 1.807) is 0 Å². The summed E-state index contributed by atoms with van der Waals surface area (Å²) in [5.74, 6) is 2.51. The molecule has 0 saturated carbocycles. The van der Waals surface area contributed by atoms with Crippen LogP contribution in [0.5, 0.6) is 17.2 Å². The number of hydrogen-bond acceptors (Lipinski definition) is 5. The van der Waals surface area contributed by atoms with Crippen LogP contribution in [0.2, 0.25) is 0 Å². The first kappa shape index (κ1) is 18.0. The van der Waals surface area contributed by atoms with Crippen LogP contribution in [0.4, 0.5) is 5.69 Å². The highest BCUT2D eigenvalue weighted by molar-refractivity contribution is 5.56. The van der Waals surface area contributed by atoms with Gasteiger partial charge in [0.2, 0.25) is 6.79 Å². The molecule has 143 valence electrons. The van der Waals surface area contributed by atoms with Gasteiger partial charge in [0.15, 0.2) is 11.5 Å². The Balaban J connectivity index is 1.28. The number of nitrogens with zero attached hydrogens (tertiary/aromatic N) is 1. The van der Waals surface area contributed by atoms with Crippen LogP contribution in [-0.2, 0) is 6.54 Å². The van der Waals surface area contributed by atoms with Crippen LogP contribution in [0.25, 0.3) is 0 Å². The topological polar surface area (TPSA) is 43.0 Å². The van der Waals surface area contributed by atoms with E-state index in [0.29, 0.717) is 13.3 Å². The number of anilines is 1. The molecule has 1 atom stereocenters. The van der Waals surface area contributed by atoms with E-state index in [4.69, 9.17) is 14.2 Å². The second-order valence-corrected chi connectivity index (χ2v) is 7.18. The Labute approximate surface area is 161 Å². The zero-order valence-electron chi connectivity index (χ0n) is 15.9. The molecule has 0 amide bonds. The van der Waals surface area contributed by atoms with Gasteiger partial charge in [-0.25, -0.2) is 0 Å². The molecule has 0 bridgehead atoms. The van der Waals surface area contributed by atoms with Gasteiger partial charge in [0.25, 0.3) is 0 Å². The number of rotatable bonds is 8. The molecule has 1 fully saturated rings. The number of fused-ring (bicyclic) bond motifs is 1. The molecular weight excluding hydrogens is 340 g/mol. The molecule has 2 aliphatic rings. The largest absolute Gasteiger partial charge is 0.493 e. The summed E-state index contributed by atoms with van der Waals surface area (Å²) in [6.45, 7) is 6.37. The normalized spacial score (nSPS) is 18.6. The van der Waals surface area contributed by atoms with Crippen LogP contribution < -0.4 is 19.5 Å². The fraction of sp³-hybridized carbons (Fsp3) is 0.455. The molecule has 0 aliphatic carbocycles. The Morgan fingerprint density at radius 3 is 3.07 bits per heavy atom. The molecule has 2 aliphatic heterocycles. The maximum Gasteiger partial charge on any atom is 0.231 e. The second-order valence-electron chi connectivity index (χ2n) is 7.18. The Hall–Kier alpha value is -2.40. The molecule has 1 N–H and O–H groups in total. The molecule has 2 aromatic carbocycles. The Kier molecular flexibility index (Phi) is 5.68. The molecular formula is C22H27N2O3. The van der Waals surface area contributed by atoms with Gasteiger partial charge in [-0.2, -0.15) is 0 Å². The predicted octanol–water partition coefficient (Wildman–Crippen LogP) is 4.08. The van der Waals surface area contributed by atoms with Crippen molar-refractivity contribution in [1.29, 1.82) is 0 Å². The molecule has 0 aromatic heterocycles. The van der Waals surface area contributed by atoms with Crippen molar-refractivity contribution in [3.8, 4) is 17.2 Å². The molecule has 2 aromatic rings. The lowest BCUT2D eigenvalue weighted by atomic mass is 10.2. The summed E-state index contributed by atoms with van der Waals surface area (Å²) < 4.78 is 16.9. The molecule has 1 saturated heterocycles. The number of ether oxygens (including phenoxy) is 3. The van der Waals surface area contributed by atoms with E-state index in [0.717, 1.165) is 54.1 Å². The third-order valence-electron chi connectivity index (χ3n) is 5.30. The summed E-state index contributed by atoms with van der Waals surface area (Å²) in [5, 5.41) is 3.43. The van der Waals surface area contributed by atoms with E-state index in [1.807, 2.05) is 36.4 Å². The average Bonchev–Trinajstić information content (AvgIpc) is 3.32. The first-order chi connectivity index (χ1) is 13.3. The molecule has 4 rings (SSSR count). The Bertz CT molecular complexity index is 765. The van der Waals surface area contributed by atoms with Gasteiger partial charge in [0.05, 0.1) is 6.61 Å². The highest BCUT2D eigenvalue weighted by Gasteiger charge is 2.19. The summed E-state index contributed by atoms with van der Waals surface area (Å²) in [7, 11) is 0. The van der Waals surface area contributed by atoms with Gasteiger partial charge in [-0.1, -0.05) is 6.07 Å². The first-order valence-electron chi connectivity index (χ1n) is 9.79. The molecule has 1 radical (unpaired) electrons. The van der Waals surface area contributed by atoms with E-state index >= 15 is 0 Å². The molecule has 2 heterocycles. The number of nitrogens with one attached hydrogen (secondary N) is 1. The summed E-state index contributed by atoms with van der Waals surface area (Å²) in [5.41, 5.74) is 2.10. The third kappa shape index (κ3) is 4.48. The quantitative estimate of drug-likeness (QED) is 0.712. The van der Waals surface area contributed by atoms with Crippen LogP contribution in [0.3, 0.4) is 0 Å². The van der Waals surface area contributed by atoms with Crippen LogP contribution in [0, 0.1) is 6.07 Å². The fourth-order valence-electron chi connectivity index (χ4n) is 3.71. The lowest BCUT2D eigenvalue weighted by molar-refractivity contribution is 0.174. The van der Waals surface area contributed by atoms with Crippen molar-refractivity contribution >= 4 is 5.69 Å². The monoisotopic (exact) mass is 367 g/mol. The zero-order chi connectivity index (χ0) is 18.5. The molecule has 5 heteroatoms. The summed E-state index contributed by atoms with van der Waals surface area (Å²) in [6.07, 6.45) is 3.70. The minimum absolute atomic E-state index is 0.292. The zero-order valence-corrected chi connectivity index (χ0v) is 15.9. The lowest BCUT2D eigenvalue weighted by Crippen LogP contribution is -2.28. The average molecular weight is 367 g/mol. The van der Waals surface area contributed by atoms with E-state index in [2.05, 4.69) is 23.2 Å². The molecule has 27 heavy (non-hydrogen) atoms. The summed E-state index contributed by atoms with van der Waals surface area (Å²) in [6, 6.07) is 15.6. The maximum absolute atomic E-state index is 6.06. The number of hydrogen-bond donors (Lipinski definition) is 1. The lowest BCUT2D eigenvalue weighted by Gasteiger charge is -2.21. The van der Waals surface area contributed by atoms with E-state index in [9.17, 15) is 0 Å². The first-order valence-corrected chi connectivity index (χ1v) is 9.79. The van der Waals surface area contributed by atoms with Crippen molar-refractivity contribution in [1.82, 2.24) is 4.90 Å². The minimum atomic E-state index is 0.292. The van der Waals surface area contributed by atoms with Crippen LogP contribution >= 0.6 is 0 Å². The van der Waals surface area contributed by atoms with Gasteiger partial charge in [-0.05, 0) is 63.1 Å². The number of likely N-dealkylation sites (tertiary alicyclic amines) is 1. The van der Waals surface area contributed by atoms with Gasteiger partial charge in [-0.15, -0.1) is 0 Å². The third-order valence-corrected chi connectivity index (χ3v) is 5.30. The Morgan fingerprint density at radius 2 is 2.19 bits per heavy atom. The van der Waals surface area contributed by atoms with E-state index < -0.39 is 0 Å².